The van der Waals surface area contributed by atoms with Gasteiger partial charge in [0.05, 0.1) is 23.8 Å². The highest BCUT2D eigenvalue weighted by Gasteiger charge is 2.34. The second kappa shape index (κ2) is 9.10. The van der Waals surface area contributed by atoms with Crippen LogP contribution in [0.15, 0.2) is 24.5 Å². The molecule has 0 radical (unpaired) electrons. The molecule has 0 N–H and O–H groups in total. The average molecular weight is 446 g/mol. The first-order valence-electron chi connectivity index (χ1n) is 9.15. The molecule has 0 aliphatic carbocycles. The van der Waals surface area contributed by atoms with Crippen molar-refractivity contribution < 1.29 is 22.8 Å². The molecule has 1 fully saturated rings. The predicted octanol–water partition coefficient (Wildman–Crippen LogP) is 2.77. The molecule has 1 aliphatic rings. The Morgan fingerprint density at radius 1 is 1.27 bits per heavy atom. The summed E-state index contributed by atoms with van der Waals surface area (Å²) in [4.78, 5) is 14.4. The summed E-state index contributed by atoms with van der Waals surface area (Å²) >= 11 is 5.40. The van der Waals surface area contributed by atoms with Gasteiger partial charge in [0, 0.05) is 45.9 Å². The van der Waals surface area contributed by atoms with Crippen molar-refractivity contribution in [1.29, 1.82) is 0 Å². The third-order valence-corrected chi connectivity index (χ3v) is 5.32. The molecule has 1 aliphatic heterocycles. The van der Waals surface area contributed by atoms with Crippen molar-refractivity contribution in [3.8, 4) is 0 Å². The third-order valence-electron chi connectivity index (χ3n) is 4.88. The van der Waals surface area contributed by atoms with Gasteiger partial charge < -0.3 is 14.2 Å². The molecule has 0 atom stereocenters. The van der Waals surface area contributed by atoms with E-state index < -0.39 is 22.4 Å². The first-order valence-corrected chi connectivity index (χ1v) is 9.55. The summed E-state index contributed by atoms with van der Waals surface area (Å²) in [5, 5.41) is 15.6. The van der Waals surface area contributed by atoms with Crippen molar-refractivity contribution in [2.45, 2.75) is 19.4 Å². The van der Waals surface area contributed by atoms with Crippen LogP contribution in [0.5, 0.6) is 0 Å². The Hall–Kier alpha value is -2.51. The molecule has 0 unspecified atom stereocenters. The van der Waals surface area contributed by atoms with E-state index in [1.807, 2.05) is 0 Å². The van der Waals surface area contributed by atoms with Gasteiger partial charge in [0.2, 0.25) is 0 Å². The first-order chi connectivity index (χ1) is 14.2. The lowest BCUT2D eigenvalue weighted by Crippen LogP contribution is -2.47. The Bertz CT molecular complexity index is 953. The summed E-state index contributed by atoms with van der Waals surface area (Å²) in [6.07, 6.45) is -2.99. The largest absolute Gasteiger partial charge is 0.416 e. The van der Waals surface area contributed by atoms with Crippen LogP contribution in [-0.2, 0) is 24.1 Å². The molecular formula is C17H21F3N6O3S. The number of ether oxygens (including phenoxy) is 1. The van der Waals surface area contributed by atoms with Gasteiger partial charge in [-0.2, -0.15) is 18.3 Å². The van der Waals surface area contributed by atoms with E-state index in [-0.39, 0.29) is 5.69 Å². The summed E-state index contributed by atoms with van der Waals surface area (Å²) in [7, 11) is 1.61. The molecule has 0 spiro atoms. The Balaban J connectivity index is 1.67. The van der Waals surface area contributed by atoms with E-state index in [2.05, 4.69) is 10.00 Å². The minimum Gasteiger partial charge on any atom is -0.383 e. The number of hydrogen-bond donors (Lipinski definition) is 0. The number of methoxy groups -OCH3 is 1. The Morgan fingerprint density at radius 3 is 2.57 bits per heavy atom. The van der Waals surface area contributed by atoms with Crippen LogP contribution in [0.4, 0.5) is 24.5 Å². The third kappa shape index (κ3) is 4.96. The molecule has 0 amide bonds. The molecule has 1 saturated heterocycles. The molecule has 2 aromatic rings. The zero-order valence-corrected chi connectivity index (χ0v) is 17.0. The van der Waals surface area contributed by atoms with E-state index in [4.69, 9.17) is 17.0 Å². The Kier molecular flexibility index (Phi) is 6.73. The lowest BCUT2D eigenvalue weighted by molar-refractivity contribution is -0.384. The van der Waals surface area contributed by atoms with Gasteiger partial charge in [0.15, 0.2) is 4.77 Å². The number of hydrogen-bond acceptors (Lipinski definition) is 7. The van der Waals surface area contributed by atoms with Crippen molar-refractivity contribution in [2.24, 2.45) is 0 Å². The number of benzene rings is 1. The normalized spacial score (nSPS) is 15.5. The second-order valence-corrected chi connectivity index (χ2v) is 7.17. The number of halogens is 3. The molecule has 30 heavy (non-hydrogen) atoms. The summed E-state index contributed by atoms with van der Waals surface area (Å²) < 4.78 is 47.8. The van der Waals surface area contributed by atoms with Gasteiger partial charge in [-0.25, -0.2) is 4.68 Å². The number of nitro benzene ring substituents is 1. The SMILES string of the molecule is COCCn1cnn(CN2CCN(c3ccc(C(F)(F)F)cc3[N+](=O)[O-])CC2)c1=S. The number of aromatic nitrogens is 3. The lowest BCUT2D eigenvalue weighted by atomic mass is 10.1. The van der Waals surface area contributed by atoms with E-state index in [0.29, 0.717) is 56.8 Å². The zero-order chi connectivity index (χ0) is 21.9. The van der Waals surface area contributed by atoms with E-state index >= 15 is 0 Å². The van der Waals surface area contributed by atoms with Crippen LogP contribution in [0, 0.1) is 14.9 Å². The van der Waals surface area contributed by atoms with Crippen LogP contribution in [0.25, 0.3) is 0 Å². The minimum atomic E-state index is -4.63. The molecule has 0 bridgehead atoms. The van der Waals surface area contributed by atoms with Crippen LogP contribution in [-0.4, -0.2) is 64.1 Å². The standard InChI is InChI=1S/C17H21F3N6O3S/c1-29-9-8-24-11-21-25(16(24)30)12-22-4-6-23(7-5-22)14-3-2-13(17(18,19)20)10-15(14)26(27)28/h2-3,10-11H,4-9,12H2,1H3. The highest BCUT2D eigenvalue weighted by molar-refractivity contribution is 7.71. The maximum atomic E-state index is 12.9. The van der Waals surface area contributed by atoms with Gasteiger partial charge in [-0.1, -0.05) is 0 Å². The van der Waals surface area contributed by atoms with E-state index in [1.165, 1.54) is 6.07 Å². The quantitative estimate of drug-likeness (QED) is 0.368. The molecule has 13 heteroatoms. The molecule has 1 aromatic heterocycles. The maximum absolute atomic E-state index is 12.9. The van der Waals surface area contributed by atoms with Crippen LogP contribution in [0.1, 0.15) is 5.56 Å². The fourth-order valence-corrected chi connectivity index (χ4v) is 3.49. The summed E-state index contributed by atoms with van der Waals surface area (Å²) in [6, 6.07) is 2.64. The lowest BCUT2D eigenvalue weighted by Gasteiger charge is -2.35. The molecule has 3 rings (SSSR count). The van der Waals surface area contributed by atoms with Gasteiger partial charge >= 0.3 is 6.18 Å². The zero-order valence-electron chi connectivity index (χ0n) is 16.2. The molecule has 0 saturated carbocycles. The van der Waals surface area contributed by atoms with Gasteiger partial charge in [-0.3, -0.25) is 15.0 Å². The van der Waals surface area contributed by atoms with Crippen LogP contribution < -0.4 is 4.90 Å². The maximum Gasteiger partial charge on any atom is 0.416 e. The van der Waals surface area contributed by atoms with Crippen molar-refractivity contribution >= 4 is 23.6 Å². The van der Waals surface area contributed by atoms with Crippen LogP contribution in [0.2, 0.25) is 0 Å². The van der Waals surface area contributed by atoms with Crippen LogP contribution in [0.3, 0.4) is 0 Å². The van der Waals surface area contributed by atoms with Crippen LogP contribution >= 0.6 is 12.2 Å². The Labute approximate surface area is 175 Å². The monoisotopic (exact) mass is 446 g/mol. The van der Waals surface area contributed by atoms with E-state index in [1.54, 1.807) is 27.6 Å². The summed E-state index contributed by atoms with van der Waals surface area (Å²) in [6.45, 7) is 3.57. The van der Waals surface area contributed by atoms with Gasteiger partial charge in [0.1, 0.15) is 12.0 Å². The van der Waals surface area contributed by atoms with Crippen molar-refractivity contribution in [2.75, 3.05) is 44.8 Å². The number of rotatable bonds is 7. The summed E-state index contributed by atoms with van der Waals surface area (Å²) in [5.74, 6) is 0. The molecule has 9 nitrogen and oxygen atoms in total. The number of alkyl halides is 3. The summed E-state index contributed by atoms with van der Waals surface area (Å²) in [5.41, 5.74) is -1.39. The fraction of sp³-hybridized carbons (Fsp3) is 0.529. The van der Waals surface area contributed by atoms with Crippen molar-refractivity contribution in [3.63, 3.8) is 0 Å². The molecule has 1 aromatic carbocycles. The van der Waals surface area contributed by atoms with Gasteiger partial charge in [0.25, 0.3) is 5.69 Å². The predicted molar refractivity (Wildman–Crippen MR) is 105 cm³/mol. The second-order valence-electron chi connectivity index (χ2n) is 6.80. The number of nitrogens with zero attached hydrogens (tertiary/aromatic N) is 6. The van der Waals surface area contributed by atoms with E-state index in [0.717, 1.165) is 6.07 Å². The molecular weight excluding hydrogens is 425 g/mol. The van der Waals surface area contributed by atoms with Gasteiger partial charge in [-0.15, -0.1) is 0 Å². The fourth-order valence-electron chi connectivity index (χ4n) is 3.24. The number of nitro groups is 1. The molecule has 164 valence electrons. The topological polar surface area (TPSA) is 81.6 Å². The van der Waals surface area contributed by atoms with Gasteiger partial charge in [-0.05, 0) is 24.4 Å². The number of anilines is 1. The number of piperazine rings is 1. The van der Waals surface area contributed by atoms with Crippen molar-refractivity contribution in [3.05, 3.63) is 45.0 Å². The average Bonchev–Trinajstić information content (AvgIpc) is 3.05. The smallest absolute Gasteiger partial charge is 0.383 e. The van der Waals surface area contributed by atoms with E-state index in [9.17, 15) is 23.3 Å². The molecule has 2 heterocycles. The van der Waals surface area contributed by atoms with Crippen molar-refractivity contribution in [1.82, 2.24) is 19.2 Å². The highest BCUT2D eigenvalue weighted by Crippen LogP contribution is 2.36. The minimum absolute atomic E-state index is 0.188. The first kappa shape index (κ1) is 22.2. The highest BCUT2D eigenvalue weighted by atomic mass is 32.1. The Morgan fingerprint density at radius 2 is 1.97 bits per heavy atom.